The third-order valence-electron chi connectivity index (χ3n) is 4.77. The van der Waals surface area contributed by atoms with Crippen molar-refractivity contribution in [1.29, 1.82) is 0 Å². The van der Waals surface area contributed by atoms with Crippen LogP contribution < -0.4 is 16.0 Å². The summed E-state index contributed by atoms with van der Waals surface area (Å²) < 4.78 is 0. The third-order valence-corrected chi connectivity index (χ3v) is 5.73. The molecule has 0 bridgehead atoms. The molecular formula is C27H46N4O5S. The number of carbonyl (C=O) groups is 5. The van der Waals surface area contributed by atoms with Crippen LogP contribution in [-0.2, 0) is 30.4 Å². The van der Waals surface area contributed by atoms with Crippen molar-refractivity contribution in [3.63, 3.8) is 0 Å². The van der Waals surface area contributed by atoms with Crippen molar-refractivity contribution in [3.05, 3.63) is 29.8 Å². The van der Waals surface area contributed by atoms with Crippen LogP contribution in [-0.4, -0.2) is 72.5 Å². The maximum absolute atomic E-state index is 12.2. The second kappa shape index (κ2) is 22.3. The van der Waals surface area contributed by atoms with Crippen LogP contribution in [0.4, 0.5) is 5.69 Å². The summed E-state index contributed by atoms with van der Waals surface area (Å²) in [5.74, 6) is -1.49. The van der Waals surface area contributed by atoms with E-state index in [1.165, 1.54) is 23.1 Å². The second-order valence-electron chi connectivity index (χ2n) is 7.95. The van der Waals surface area contributed by atoms with Gasteiger partial charge in [-0.15, -0.1) is 0 Å². The molecule has 4 amide bonds. The van der Waals surface area contributed by atoms with Gasteiger partial charge in [0.15, 0.2) is 0 Å². The van der Waals surface area contributed by atoms with Crippen LogP contribution >= 0.6 is 11.8 Å². The van der Waals surface area contributed by atoms with Crippen molar-refractivity contribution in [1.82, 2.24) is 15.5 Å². The Labute approximate surface area is 226 Å². The summed E-state index contributed by atoms with van der Waals surface area (Å²) in [7, 11) is 1.56. The number of rotatable bonds is 13. The average molecular weight is 539 g/mol. The minimum atomic E-state index is -0.782. The summed E-state index contributed by atoms with van der Waals surface area (Å²) in [6.45, 7) is 11.7. The maximum Gasteiger partial charge on any atom is 0.246 e. The number of hydrogen-bond donors (Lipinski definition) is 3. The highest BCUT2D eigenvalue weighted by Crippen LogP contribution is 2.13. The van der Waals surface area contributed by atoms with E-state index >= 15 is 0 Å². The molecule has 37 heavy (non-hydrogen) atoms. The smallest absolute Gasteiger partial charge is 0.246 e. The number of benzene rings is 1. The summed E-state index contributed by atoms with van der Waals surface area (Å²) in [6, 6.07) is 6.66. The van der Waals surface area contributed by atoms with Gasteiger partial charge in [0.2, 0.25) is 23.6 Å². The number of carbonyl (C=O) groups excluding carboxylic acids is 5. The van der Waals surface area contributed by atoms with Crippen molar-refractivity contribution >= 4 is 47.4 Å². The molecule has 1 rings (SSSR count). The fourth-order valence-electron chi connectivity index (χ4n) is 2.71. The number of thioether (sulfide) groups is 1. The fraction of sp³-hybridized carbons (Fsp3) is 0.593. The molecule has 2 unspecified atom stereocenters. The Bertz CT molecular complexity index is 818. The highest BCUT2D eigenvalue weighted by molar-refractivity contribution is 7.99. The lowest BCUT2D eigenvalue weighted by Gasteiger charge is -2.21. The lowest BCUT2D eigenvalue weighted by molar-refractivity contribution is -0.131. The van der Waals surface area contributed by atoms with Gasteiger partial charge in [-0.25, -0.2) is 0 Å². The largest absolute Gasteiger partial charge is 0.347 e. The number of aryl methyl sites for hydroxylation is 1. The maximum atomic E-state index is 12.2. The first-order chi connectivity index (χ1) is 17.6. The Hall–Kier alpha value is -2.88. The lowest BCUT2D eigenvalue weighted by Crippen LogP contribution is -2.46. The molecule has 0 heterocycles. The Balaban J connectivity index is 0. The summed E-state index contributed by atoms with van der Waals surface area (Å²) in [4.78, 5) is 60.5. The van der Waals surface area contributed by atoms with E-state index in [9.17, 15) is 24.0 Å². The van der Waals surface area contributed by atoms with E-state index in [1.807, 2.05) is 32.9 Å². The fourth-order valence-corrected chi connectivity index (χ4v) is 3.36. The normalized spacial score (nSPS) is 11.2. The molecule has 0 saturated heterocycles. The van der Waals surface area contributed by atoms with E-state index in [0.717, 1.165) is 12.0 Å². The number of hydrogen-bond acceptors (Lipinski definition) is 6. The van der Waals surface area contributed by atoms with E-state index in [2.05, 4.69) is 29.8 Å². The predicted molar refractivity (Wildman–Crippen MR) is 153 cm³/mol. The van der Waals surface area contributed by atoms with Gasteiger partial charge < -0.3 is 25.6 Å². The first kappa shape index (κ1) is 36.3. The van der Waals surface area contributed by atoms with Crippen molar-refractivity contribution in [3.8, 4) is 0 Å². The van der Waals surface area contributed by atoms with Crippen LogP contribution in [0, 0.1) is 0 Å². The van der Waals surface area contributed by atoms with Crippen LogP contribution in [0.1, 0.15) is 66.4 Å². The van der Waals surface area contributed by atoms with Crippen LogP contribution in [0.3, 0.4) is 0 Å². The zero-order chi connectivity index (χ0) is 28.8. The molecular weight excluding hydrogens is 492 g/mol. The molecule has 10 heteroatoms. The van der Waals surface area contributed by atoms with Gasteiger partial charge in [0.05, 0.1) is 11.8 Å². The number of aldehydes is 1. The minimum Gasteiger partial charge on any atom is -0.347 e. The monoisotopic (exact) mass is 538 g/mol. The van der Waals surface area contributed by atoms with Gasteiger partial charge in [-0.05, 0) is 37.3 Å². The Morgan fingerprint density at radius 3 is 2.08 bits per heavy atom. The Morgan fingerprint density at radius 1 is 1.03 bits per heavy atom. The molecule has 0 aromatic heterocycles. The standard InChI is InChI=1S/C22H32N4O5S.C3H8.C2H6/c1-5-16-6-8-17(9-7-16)25-21(30)15(2)24-20(29)14-23-19(28)10-12-26(3)22(31)18(32-4)11-13-27;1-3-2;1-2/h6-9,13,15,18H,5,10-12,14H2,1-4H3,(H,23,28)(H,24,29)(H,25,30);3H2,1-2H3;1-2H3. The Kier molecular flexibility index (Phi) is 21.9. The van der Waals surface area contributed by atoms with Crippen molar-refractivity contribution in [2.24, 2.45) is 0 Å². The molecule has 3 N–H and O–H groups in total. The molecule has 0 spiro atoms. The molecule has 1 aromatic rings. The molecule has 0 aliphatic rings. The van der Waals surface area contributed by atoms with Crippen molar-refractivity contribution in [2.75, 3.05) is 31.7 Å². The van der Waals surface area contributed by atoms with E-state index in [4.69, 9.17) is 0 Å². The molecule has 210 valence electrons. The van der Waals surface area contributed by atoms with E-state index in [-0.39, 0.29) is 37.7 Å². The summed E-state index contributed by atoms with van der Waals surface area (Å²) in [6.07, 6.45) is 4.72. The molecule has 2 atom stereocenters. The molecule has 0 aliphatic carbocycles. The summed E-state index contributed by atoms with van der Waals surface area (Å²) >= 11 is 1.28. The molecule has 0 saturated carbocycles. The van der Waals surface area contributed by atoms with Gasteiger partial charge in [0.25, 0.3) is 0 Å². The van der Waals surface area contributed by atoms with Crippen LogP contribution in [0.15, 0.2) is 24.3 Å². The second-order valence-corrected chi connectivity index (χ2v) is 8.99. The first-order valence-electron chi connectivity index (χ1n) is 12.8. The van der Waals surface area contributed by atoms with Gasteiger partial charge in [-0.2, -0.15) is 11.8 Å². The highest BCUT2D eigenvalue weighted by Gasteiger charge is 2.21. The van der Waals surface area contributed by atoms with Crippen molar-refractivity contribution in [2.45, 2.75) is 78.5 Å². The van der Waals surface area contributed by atoms with E-state index in [1.54, 1.807) is 32.4 Å². The van der Waals surface area contributed by atoms with Gasteiger partial charge in [-0.1, -0.05) is 53.2 Å². The number of anilines is 1. The van der Waals surface area contributed by atoms with Crippen molar-refractivity contribution < 1.29 is 24.0 Å². The molecule has 0 radical (unpaired) electrons. The Morgan fingerprint density at radius 2 is 1.59 bits per heavy atom. The zero-order valence-electron chi connectivity index (χ0n) is 23.7. The van der Waals surface area contributed by atoms with Gasteiger partial charge in [0, 0.05) is 32.1 Å². The third kappa shape index (κ3) is 16.5. The van der Waals surface area contributed by atoms with E-state index in [0.29, 0.717) is 12.0 Å². The minimum absolute atomic E-state index is 0.0154. The van der Waals surface area contributed by atoms with Crippen LogP contribution in [0.5, 0.6) is 0 Å². The SMILES string of the molecule is CC.CCC.CCc1ccc(NC(=O)C(C)NC(=O)CNC(=O)CCN(C)C(=O)C(CC=O)SC)cc1. The quantitative estimate of drug-likeness (QED) is 0.331. The summed E-state index contributed by atoms with van der Waals surface area (Å²) in [5, 5.41) is 7.26. The van der Waals surface area contributed by atoms with E-state index < -0.39 is 23.1 Å². The molecule has 1 aromatic carbocycles. The topological polar surface area (TPSA) is 125 Å². The number of amides is 4. The predicted octanol–water partition coefficient (Wildman–Crippen LogP) is 3.42. The lowest BCUT2D eigenvalue weighted by atomic mass is 10.1. The molecule has 9 nitrogen and oxygen atoms in total. The van der Waals surface area contributed by atoms with Crippen LogP contribution in [0.2, 0.25) is 0 Å². The molecule has 0 fully saturated rings. The average Bonchev–Trinajstić information content (AvgIpc) is 2.90. The van der Waals surface area contributed by atoms with Gasteiger partial charge >= 0.3 is 0 Å². The van der Waals surface area contributed by atoms with Crippen LogP contribution in [0.25, 0.3) is 0 Å². The zero-order valence-corrected chi connectivity index (χ0v) is 24.5. The van der Waals surface area contributed by atoms with Gasteiger partial charge in [-0.3, -0.25) is 19.2 Å². The first-order valence-corrected chi connectivity index (χ1v) is 14.1. The molecule has 0 aliphatic heterocycles. The number of nitrogens with one attached hydrogen (secondary N) is 3. The van der Waals surface area contributed by atoms with Gasteiger partial charge in [0.1, 0.15) is 12.3 Å². The summed E-state index contributed by atoms with van der Waals surface area (Å²) in [5.41, 5.74) is 1.79. The number of nitrogens with zero attached hydrogens (tertiary/aromatic N) is 1. The highest BCUT2D eigenvalue weighted by atomic mass is 32.2.